The van der Waals surface area contributed by atoms with Gasteiger partial charge in [0.25, 0.3) is 5.91 Å². The maximum absolute atomic E-state index is 13.1. The van der Waals surface area contributed by atoms with E-state index in [0.29, 0.717) is 24.2 Å². The molecule has 1 aliphatic carbocycles. The Morgan fingerprint density at radius 3 is 2.94 bits per heavy atom. The number of amides is 3. The number of fused-ring (bicyclic) bond motifs is 2. The fourth-order valence-electron chi connectivity index (χ4n) is 5.74. The number of likely N-dealkylation sites (tertiary alicyclic amines) is 1. The van der Waals surface area contributed by atoms with E-state index < -0.39 is 0 Å². The third-order valence-electron chi connectivity index (χ3n) is 7.31. The SMILES string of the molecule is CCCN1CCN(c2ccc3[nH]nc(C(=O)N[C@H]4CC5CCCN(C)C5C4)c3c2)C1=O. The summed E-state index contributed by atoms with van der Waals surface area (Å²) in [6.45, 7) is 5.41. The minimum absolute atomic E-state index is 0.0355. The van der Waals surface area contributed by atoms with Crippen molar-refractivity contribution in [3.8, 4) is 0 Å². The molecule has 1 aromatic carbocycles. The minimum atomic E-state index is -0.130. The van der Waals surface area contributed by atoms with Crippen LogP contribution < -0.4 is 10.2 Å². The van der Waals surface area contributed by atoms with Crippen LogP contribution in [0, 0.1) is 5.92 Å². The van der Waals surface area contributed by atoms with E-state index in [0.717, 1.165) is 55.5 Å². The van der Waals surface area contributed by atoms with Crippen LogP contribution in [0.1, 0.15) is 49.5 Å². The lowest BCUT2D eigenvalue weighted by Crippen LogP contribution is -2.40. The molecule has 3 amide bonds. The topological polar surface area (TPSA) is 84.6 Å². The second-order valence-electron chi connectivity index (χ2n) is 9.32. The van der Waals surface area contributed by atoms with Gasteiger partial charge in [0.1, 0.15) is 0 Å². The van der Waals surface area contributed by atoms with Crippen molar-refractivity contribution in [1.82, 2.24) is 25.3 Å². The van der Waals surface area contributed by atoms with Crippen molar-refractivity contribution < 1.29 is 9.59 Å². The first-order valence-electron chi connectivity index (χ1n) is 11.6. The number of carbonyl (C=O) groups excluding carboxylic acids is 2. The zero-order valence-corrected chi connectivity index (χ0v) is 18.4. The number of aromatic amines is 1. The summed E-state index contributed by atoms with van der Waals surface area (Å²) < 4.78 is 0. The zero-order chi connectivity index (χ0) is 21.5. The van der Waals surface area contributed by atoms with E-state index in [9.17, 15) is 9.59 Å². The Morgan fingerprint density at radius 1 is 1.26 bits per heavy atom. The summed E-state index contributed by atoms with van der Waals surface area (Å²) in [5.74, 6) is 0.550. The second-order valence-corrected chi connectivity index (χ2v) is 9.32. The van der Waals surface area contributed by atoms with E-state index in [-0.39, 0.29) is 18.0 Å². The van der Waals surface area contributed by atoms with Gasteiger partial charge in [-0.15, -0.1) is 0 Å². The molecule has 166 valence electrons. The van der Waals surface area contributed by atoms with Gasteiger partial charge in [-0.3, -0.25) is 14.8 Å². The van der Waals surface area contributed by atoms with Crippen molar-refractivity contribution in [3.63, 3.8) is 0 Å². The quantitative estimate of drug-likeness (QED) is 0.773. The third kappa shape index (κ3) is 3.67. The number of aromatic nitrogens is 2. The lowest BCUT2D eigenvalue weighted by molar-refractivity contribution is 0.0932. The van der Waals surface area contributed by atoms with Crippen molar-refractivity contribution in [1.29, 1.82) is 0 Å². The molecule has 0 radical (unpaired) electrons. The van der Waals surface area contributed by atoms with Crippen molar-refractivity contribution in [2.75, 3.05) is 38.1 Å². The number of rotatable bonds is 5. The van der Waals surface area contributed by atoms with Crippen LogP contribution in [0.2, 0.25) is 0 Å². The molecule has 3 atom stereocenters. The monoisotopic (exact) mass is 424 g/mol. The summed E-state index contributed by atoms with van der Waals surface area (Å²) in [6.07, 6.45) is 5.51. The Morgan fingerprint density at radius 2 is 2.13 bits per heavy atom. The van der Waals surface area contributed by atoms with E-state index >= 15 is 0 Å². The maximum atomic E-state index is 13.1. The molecular formula is C23H32N6O2. The van der Waals surface area contributed by atoms with Crippen LogP contribution in [-0.4, -0.2) is 77.2 Å². The molecule has 8 heteroatoms. The zero-order valence-electron chi connectivity index (χ0n) is 18.4. The summed E-state index contributed by atoms with van der Waals surface area (Å²) in [5, 5.41) is 11.3. The normalized spacial score (nSPS) is 26.6. The first-order valence-corrected chi connectivity index (χ1v) is 11.6. The first kappa shape index (κ1) is 20.3. The van der Waals surface area contributed by atoms with Crippen LogP contribution in [0.3, 0.4) is 0 Å². The third-order valence-corrected chi connectivity index (χ3v) is 7.31. The first-order chi connectivity index (χ1) is 15.0. The van der Waals surface area contributed by atoms with Crippen LogP contribution in [0.4, 0.5) is 10.5 Å². The van der Waals surface area contributed by atoms with Gasteiger partial charge in [-0.1, -0.05) is 6.92 Å². The number of carbonyl (C=O) groups is 2. The lowest BCUT2D eigenvalue weighted by atomic mass is 9.92. The molecule has 8 nitrogen and oxygen atoms in total. The summed E-state index contributed by atoms with van der Waals surface area (Å²) in [6, 6.07) is 6.56. The molecule has 5 rings (SSSR count). The molecule has 3 fully saturated rings. The van der Waals surface area contributed by atoms with E-state index in [2.05, 4.69) is 34.4 Å². The molecule has 3 aliphatic rings. The van der Waals surface area contributed by atoms with E-state index in [1.54, 1.807) is 4.90 Å². The molecule has 0 spiro atoms. The van der Waals surface area contributed by atoms with Crippen LogP contribution in [0.25, 0.3) is 10.9 Å². The summed E-state index contributed by atoms with van der Waals surface area (Å²) >= 11 is 0. The molecule has 0 bridgehead atoms. The number of anilines is 1. The van der Waals surface area contributed by atoms with Gasteiger partial charge in [0.15, 0.2) is 5.69 Å². The Kier molecular flexibility index (Phi) is 5.33. The average Bonchev–Trinajstić information content (AvgIpc) is 3.45. The Bertz CT molecular complexity index is 988. The van der Waals surface area contributed by atoms with Crippen LogP contribution in [0.5, 0.6) is 0 Å². The van der Waals surface area contributed by atoms with Gasteiger partial charge >= 0.3 is 6.03 Å². The molecule has 3 heterocycles. The van der Waals surface area contributed by atoms with Gasteiger partial charge in [-0.05, 0) is 69.8 Å². The summed E-state index contributed by atoms with van der Waals surface area (Å²) in [5.41, 5.74) is 2.04. The van der Waals surface area contributed by atoms with Crippen LogP contribution in [-0.2, 0) is 0 Å². The smallest absolute Gasteiger partial charge is 0.324 e. The summed E-state index contributed by atoms with van der Waals surface area (Å²) in [4.78, 5) is 31.9. The molecule has 1 saturated carbocycles. The lowest BCUT2D eigenvalue weighted by Gasteiger charge is -2.34. The average molecular weight is 425 g/mol. The van der Waals surface area contributed by atoms with E-state index in [1.165, 1.54) is 12.8 Å². The highest BCUT2D eigenvalue weighted by atomic mass is 16.2. The number of urea groups is 1. The van der Waals surface area contributed by atoms with Gasteiger partial charge in [-0.25, -0.2) is 4.79 Å². The highest BCUT2D eigenvalue weighted by Gasteiger charge is 2.39. The van der Waals surface area contributed by atoms with E-state index in [4.69, 9.17) is 0 Å². The number of hydrogen-bond donors (Lipinski definition) is 2. The van der Waals surface area contributed by atoms with E-state index in [1.807, 2.05) is 23.1 Å². The molecule has 2 N–H and O–H groups in total. The number of nitrogens with one attached hydrogen (secondary N) is 2. The van der Waals surface area contributed by atoms with Gasteiger partial charge in [-0.2, -0.15) is 5.10 Å². The van der Waals surface area contributed by atoms with Crippen LogP contribution >= 0.6 is 0 Å². The van der Waals surface area contributed by atoms with Crippen molar-refractivity contribution in [2.45, 2.75) is 51.1 Å². The minimum Gasteiger partial charge on any atom is -0.348 e. The number of nitrogens with zero attached hydrogens (tertiary/aromatic N) is 4. The largest absolute Gasteiger partial charge is 0.348 e. The highest BCUT2D eigenvalue weighted by molar-refractivity contribution is 6.06. The van der Waals surface area contributed by atoms with Gasteiger partial charge in [0.2, 0.25) is 0 Å². The second kappa shape index (κ2) is 8.15. The van der Waals surface area contributed by atoms with Crippen LogP contribution in [0.15, 0.2) is 18.2 Å². The predicted octanol–water partition coefficient (Wildman–Crippen LogP) is 2.82. The Labute approximate surface area is 182 Å². The Hall–Kier alpha value is -2.61. The predicted molar refractivity (Wildman–Crippen MR) is 120 cm³/mol. The number of benzene rings is 1. The van der Waals surface area contributed by atoms with Gasteiger partial charge in [0, 0.05) is 42.8 Å². The molecule has 1 aromatic heterocycles. The molecule has 2 saturated heterocycles. The molecular weight excluding hydrogens is 392 g/mol. The highest BCUT2D eigenvalue weighted by Crippen LogP contribution is 2.36. The molecule has 31 heavy (non-hydrogen) atoms. The van der Waals surface area contributed by atoms with Crippen molar-refractivity contribution in [2.24, 2.45) is 5.92 Å². The van der Waals surface area contributed by atoms with Gasteiger partial charge in [0.05, 0.1) is 5.52 Å². The summed E-state index contributed by atoms with van der Waals surface area (Å²) in [7, 11) is 2.20. The maximum Gasteiger partial charge on any atom is 0.324 e. The fourth-order valence-corrected chi connectivity index (χ4v) is 5.74. The van der Waals surface area contributed by atoms with Crippen molar-refractivity contribution in [3.05, 3.63) is 23.9 Å². The number of H-pyrrole nitrogens is 1. The fraction of sp³-hybridized carbons (Fsp3) is 0.609. The Balaban J connectivity index is 1.33. The molecule has 2 aromatic rings. The molecule has 2 unspecified atom stereocenters. The number of hydrogen-bond acceptors (Lipinski definition) is 4. The van der Waals surface area contributed by atoms with Gasteiger partial charge < -0.3 is 15.1 Å². The number of piperidine rings is 1. The van der Waals surface area contributed by atoms with Crippen molar-refractivity contribution >= 4 is 28.5 Å². The standard InChI is InChI=1S/C23H32N6O2/c1-3-8-28-10-11-29(23(28)31)17-6-7-19-18(14-17)21(26-25-19)22(30)24-16-12-15-5-4-9-27(2)20(15)13-16/h6-7,14-16,20H,3-5,8-13H2,1-2H3,(H,24,30)(H,25,26)/t15?,16-,20?/m0/s1. The molecule has 2 aliphatic heterocycles.